The van der Waals surface area contributed by atoms with Crippen molar-refractivity contribution in [3.63, 3.8) is 0 Å². The van der Waals surface area contributed by atoms with E-state index >= 15 is 0 Å². The molecule has 0 saturated heterocycles. The van der Waals surface area contributed by atoms with Crippen molar-refractivity contribution in [2.24, 2.45) is 16.3 Å². The zero-order chi connectivity index (χ0) is 20.4. The zero-order valence-electron chi connectivity index (χ0n) is 18.3. The van der Waals surface area contributed by atoms with Gasteiger partial charge in [-0.15, -0.1) is 24.0 Å². The molecular weight excluding hydrogens is 467 g/mol. The van der Waals surface area contributed by atoms with E-state index in [0.29, 0.717) is 31.6 Å². The molecular formula is C21H37IN4O2. The summed E-state index contributed by atoms with van der Waals surface area (Å²) in [6.07, 6.45) is 0. The Morgan fingerprint density at radius 1 is 1.14 bits per heavy atom. The van der Waals surface area contributed by atoms with Gasteiger partial charge in [-0.05, 0) is 51.3 Å². The lowest BCUT2D eigenvalue weighted by atomic mass is 9.92. The molecule has 7 heteroatoms. The Balaban J connectivity index is 0.00000729. The van der Waals surface area contributed by atoms with Crippen LogP contribution in [0.25, 0.3) is 0 Å². The van der Waals surface area contributed by atoms with Crippen LogP contribution in [0.2, 0.25) is 0 Å². The van der Waals surface area contributed by atoms with E-state index in [2.05, 4.69) is 53.8 Å². The van der Waals surface area contributed by atoms with Crippen molar-refractivity contribution in [1.82, 2.24) is 16.0 Å². The molecule has 0 aliphatic carbocycles. The van der Waals surface area contributed by atoms with Crippen molar-refractivity contribution in [1.29, 1.82) is 0 Å². The number of halogens is 1. The van der Waals surface area contributed by atoms with E-state index in [1.807, 2.05) is 32.9 Å². The standard InChI is InChI=1S/C21H36N4O2.HI/c1-8-23-19(26)21(5,6)14-24-20(22-7)25-16(4)17-9-11-18(12-10-17)27-13-15(2)3;/h9-12,15-16H,8,13-14H2,1-7H3,(H,23,26)(H2,22,24,25);1H. The lowest BCUT2D eigenvalue weighted by Crippen LogP contribution is -2.48. The third-order valence-corrected chi connectivity index (χ3v) is 4.19. The Morgan fingerprint density at radius 3 is 2.25 bits per heavy atom. The average molecular weight is 504 g/mol. The van der Waals surface area contributed by atoms with E-state index in [1.54, 1.807) is 7.05 Å². The van der Waals surface area contributed by atoms with Crippen molar-refractivity contribution < 1.29 is 9.53 Å². The maximum Gasteiger partial charge on any atom is 0.227 e. The molecule has 1 aromatic carbocycles. The zero-order valence-corrected chi connectivity index (χ0v) is 20.6. The highest BCUT2D eigenvalue weighted by molar-refractivity contribution is 14.0. The second-order valence-electron chi connectivity index (χ2n) is 7.81. The summed E-state index contributed by atoms with van der Waals surface area (Å²) in [6, 6.07) is 8.16. The highest BCUT2D eigenvalue weighted by atomic mass is 127. The molecule has 1 atom stereocenters. The van der Waals surface area contributed by atoms with Gasteiger partial charge in [0.05, 0.1) is 18.1 Å². The average Bonchev–Trinajstić information content (AvgIpc) is 2.63. The van der Waals surface area contributed by atoms with Gasteiger partial charge in [-0.3, -0.25) is 9.79 Å². The second-order valence-corrected chi connectivity index (χ2v) is 7.81. The fourth-order valence-corrected chi connectivity index (χ4v) is 2.38. The fraction of sp³-hybridized carbons (Fsp3) is 0.619. The summed E-state index contributed by atoms with van der Waals surface area (Å²) >= 11 is 0. The number of hydrogen-bond acceptors (Lipinski definition) is 3. The lowest BCUT2D eigenvalue weighted by Gasteiger charge is -2.26. The van der Waals surface area contributed by atoms with Gasteiger partial charge in [0.15, 0.2) is 5.96 Å². The third kappa shape index (κ3) is 9.12. The highest BCUT2D eigenvalue weighted by Crippen LogP contribution is 2.18. The quantitative estimate of drug-likeness (QED) is 0.272. The number of guanidine groups is 1. The second kappa shape index (κ2) is 12.9. The molecule has 0 saturated carbocycles. The predicted octanol–water partition coefficient (Wildman–Crippen LogP) is 3.73. The smallest absolute Gasteiger partial charge is 0.227 e. The van der Waals surface area contributed by atoms with Crippen molar-refractivity contribution in [2.45, 2.75) is 47.6 Å². The molecule has 0 aliphatic heterocycles. The predicted molar refractivity (Wildman–Crippen MR) is 128 cm³/mol. The SMILES string of the molecule is CCNC(=O)C(C)(C)CNC(=NC)NC(C)c1ccc(OCC(C)C)cc1.I. The van der Waals surface area contributed by atoms with Crippen LogP contribution < -0.4 is 20.7 Å². The van der Waals surface area contributed by atoms with Gasteiger partial charge >= 0.3 is 0 Å². The molecule has 28 heavy (non-hydrogen) atoms. The fourth-order valence-electron chi connectivity index (χ4n) is 2.38. The molecule has 1 unspecified atom stereocenters. The van der Waals surface area contributed by atoms with Crippen LogP contribution in [0, 0.1) is 11.3 Å². The van der Waals surface area contributed by atoms with Gasteiger partial charge in [-0.25, -0.2) is 0 Å². The Kier molecular flexibility index (Phi) is 12.2. The number of benzene rings is 1. The first-order valence-corrected chi connectivity index (χ1v) is 9.67. The van der Waals surface area contributed by atoms with Crippen LogP contribution in [-0.4, -0.2) is 38.6 Å². The number of nitrogens with one attached hydrogen (secondary N) is 3. The topological polar surface area (TPSA) is 74.8 Å². The molecule has 0 radical (unpaired) electrons. The monoisotopic (exact) mass is 504 g/mol. The largest absolute Gasteiger partial charge is 0.493 e. The molecule has 160 valence electrons. The minimum atomic E-state index is -0.522. The van der Waals surface area contributed by atoms with Gasteiger partial charge in [0.1, 0.15) is 5.75 Å². The van der Waals surface area contributed by atoms with E-state index in [-0.39, 0.29) is 35.9 Å². The normalized spacial score (nSPS) is 12.8. The van der Waals surface area contributed by atoms with Crippen LogP contribution in [0.3, 0.4) is 0 Å². The summed E-state index contributed by atoms with van der Waals surface area (Å²) in [7, 11) is 1.73. The number of ether oxygens (including phenoxy) is 1. The highest BCUT2D eigenvalue weighted by Gasteiger charge is 2.27. The van der Waals surface area contributed by atoms with Gasteiger partial charge in [0, 0.05) is 20.1 Å². The van der Waals surface area contributed by atoms with Crippen LogP contribution in [0.4, 0.5) is 0 Å². The number of hydrogen-bond donors (Lipinski definition) is 3. The Labute approximate surface area is 187 Å². The number of nitrogens with zero attached hydrogens (tertiary/aromatic N) is 1. The molecule has 0 bridgehead atoms. The molecule has 1 aromatic rings. The van der Waals surface area contributed by atoms with Gasteiger partial charge in [0.2, 0.25) is 5.91 Å². The summed E-state index contributed by atoms with van der Waals surface area (Å²) in [5.74, 6) is 2.08. The van der Waals surface area contributed by atoms with Crippen LogP contribution in [0.1, 0.15) is 53.1 Å². The summed E-state index contributed by atoms with van der Waals surface area (Å²) < 4.78 is 5.73. The molecule has 0 spiro atoms. The number of aliphatic imine (C=N–C) groups is 1. The molecule has 0 heterocycles. The maximum absolute atomic E-state index is 12.1. The first-order chi connectivity index (χ1) is 12.7. The molecule has 6 nitrogen and oxygen atoms in total. The van der Waals surface area contributed by atoms with Crippen LogP contribution >= 0.6 is 24.0 Å². The van der Waals surface area contributed by atoms with Crippen molar-refractivity contribution >= 4 is 35.8 Å². The van der Waals surface area contributed by atoms with E-state index in [0.717, 1.165) is 11.3 Å². The molecule has 3 N–H and O–H groups in total. The molecule has 0 fully saturated rings. The van der Waals surface area contributed by atoms with Crippen LogP contribution in [0.5, 0.6) is 5.75 Å². The Morgan fingerprint density at radius 2 is 1.75 bits per heavy atom. The van der Waals surface area contributed by atoms with Gasteiger partial charge in [0.25, 0.3) is 0 Å². The molecule has 0 aliphatic rings. The van der Waals surface area contributed by atoms with Crippen molar-refractivity contribution in [3.05, 3.63) is 29.8 Å². The van der Waals surface area contributed by atoms with Gasteiger partial charge in [-0.2, -0.15) is 0 Å². The van der Waals surface area contributed by atoms with Gasteiger partial charge < -0.3 is 20.7 Å². The first-order valence-electron chi connectivity index (χ1n) is 9.67. The maximum atomic E-state index is 12.1. The summed E-state index contributed by atoms with van der Waals surface area (Å²) in [5.41, 5.74) is 0.615. The molecule has 1 rings (SSSR count). The number of carbonyl (C=O) groups is 1. The minimum Gasteiger partial charge on any atom is -0.493 e. The Bertz CT molecular complexity index is 615. The van der Waals surface area contributed by atoms with Crippen LogP contribution in [-0.2, 0) is 4.79 Å². The molecule has 0 aromatic heterocycles. The number of amides is 1. The van der Waals surface area contributed by atoms with Crippen molar-refractivity contribution in [2.75, 3.05) is 26.7 Å². The number of rotatable bonds is 9. The third-order valence-electron chi connectivity index (χ3n) is 4.19. The number of carbonyl (C=O) groups excluding carboxylic acids is 1. The Hall–Kier alpha value is -1.51. The van der Waals surface area contributed by atoms with Crippen molar-refractivity contribution in [3.8, 4) is 5.75 Å². The van der Waals surface area contributed by atoms with E-state index in [4.69, 9.17) is 4.74 Å². The van der Waals surface area contributed by atoms with E-state index < -0.39 is 5.41 Å². The summed E-state index contributed by atoms with van der Waals surface area (Å²) in [5, 5.41) is 9.48. The summed E-state index contributed by atoms with van der Waals surface area (Å²) in [4.78, 5) is 16.4. The molecule has 1 amide bonds. The van der Waals surface area contributed by atoms with Crippen LogP contribution in [0.15, 0.2) is 29.3 Å². The first kappa shape index (κ1) is 26.5. The van der Waals surface area contributed by atoms with E-state index in [9.17, 15) is 4.79 Å². The minimum absolute atomic E-state index is 0. The lowest BCUT2D eigenvalue weighted by molar-refractivity contribution is -0.128. The van der Waals surface area contributed by atoms with E-state index in [1.165, 1.54) is 0 Å². The summed E-state index contributed by atoms with van der Waals surface area (Å²) in [6.45, 7) is 13.9. The van der Waals surface area contributed by atoms with Gasteiger partial charge in [-0.1, -0.05) is 26.0 Å².